The summed E-state index contributed by atoms with van der Waals surface area (Å²) in [5, 5.41) is 18.9. The second-order valence-corrected chi connectivity index (χ2v) is 9.70. The SMILES string of the molecule is CCOC1=NC(c2nc3nnc(NS(=O)(=O)Cc4ncc(N)cn4)cc3n2-c2c(O)cccc2OC)=C=C=C1. The van der Waals surface area contributed by atoms with Crippen molar-refractivity contribution in [3.8, 4) is 17.2 Å². The molecule has 3 aromatic heterocycles. The van der Waals surface area contributed by atoms with Gasteiger partial charge in [0.15, 0.2) is 17.3 Å². The number of benzene rings is 1. The van der Waals surface area contributed by atoms with E-state index >= 15 is 0 Å². The molecule has 39 heavy (non-hydrogen) atoms. The number of aromatic hydroxyl groups is 1. The van der Waals surface area contributed by atoms with Crippen molar-refractivity contribution in [3.05, 3.63) is 65.8 Å². The van der Waals surface area contributed by atoms with Gasteiger partial charge in [0.1, 0.15) is 28.8 Å². The third-order valence-electron chi connectivity index (χ3n) is 5.26. The van der Waals surface area contributed by atoms with Gasteiger partial charge in [-0.2, -0.15) is 0 Å². The molecule has 0 atom stereocenters. The Balaban J connectivity index is 1.65. The molecule has 5 rings (SSSR count). The molecule has 0 saturated heterocycles. The van der Waals surface area contributed by atoms with Crippen molar-refractivity contribution in [3.63, 3.8) is 0 Å². The van der Waals surface area contributed by atoms with Gasteiger partial charge in [-0.3, -0.25) is 9.29 Å². The molecule has 0 radical (unpaired) electrons. The minimum atomic E-state index is -3.99. The number of aromatic nitrogens is 6. The Kier molecular flexibility index (Phi) is 6.69. The molecule has 4 N–H and O–H groups in total. The maximum Gasteiger partial charge on any atom is 0.241 e. The maximum absolute atomic E-state index is 12.8. The van der Waals surface area contributed by atoms with Crippen LogP contribution >= 0.6 is 0 Å². The summed E-state index contributed by atoms with van der Waals surface area (Å²) >= 11 is 0. The monoisotopic (exact) mass is 547 g/mol. The summed E-state index contributed by atoms with van der Waals surface area (Å²) in [6.07, 6.45) is 4.15. The molecule has 0 saturated carbocycles. The fraction of sp³-hybridized carbons (Fsp3) is 0.167. The van der Waals surface area contributed by atoms with Gasteiger partial charge in [-0.25, -0.2) is 28.4 Å². The molecular weight excluding hydrogens is 526 g/mol. The fourth-order valence-electron chi connectivity index (χ4n) is 3.69. The quantitative estimate of drug-likeness (QED) is 0.273. The standard InChI is InChI=1S/C24H21N9O5S/c1-3-38-21-9-4-6-15(28-21)24-29-23-16(33(24)22-17(34)7-5-8-18(22)37-2)10-19(30-31-23)32-39(35,36)13-20-26-11-14(25)12-27-20/h5,7-12,34H,3,13,25H2,1-2H3,(H,30,32). The summed E-state index contributed by atoms with van der Waals surface area (Å²) in [7, 11) is -2.54. The Bertz CT molecular complexity index is 1820. The number of methoxy groups -OCH3 is 1. The lowest BCUT2D eigenvalue weighted by Gasteiger charge is -2.15. The number of nitrogens with two attached hydrogens (primary N) is 1. The van der Waals surface area contributed by atoms with Gasteiger partial charge in [0, 0.05) is 6.07 Å². The topological polar surface area (TPSA) is 193 Å². The third-order valence-corrected chi connectivity index (χ3v) is 6.42. The van der Waals surface area contributed by atoms with Crippen molar-refractivity contribution < 1.29 is 23.0 Å². The number of anilines is 2. The van der Waals surface area contributed by atoms with E-state index in [0.29, 0.717) is 29.5 Å². The number of hydrogen-bond donors (Lipinski definition) is 3. The highest BCUT2D eigenvalue weighted by molar-refractivity contribution is 7.91. The Morgan fingerprint density at radius 2 is 2.00 bits per heavy atom. The van der Waals surface area contributed by atoms with E-state index in [-0.39, 0.29) is 40.2 Å². The number of rotatable bonds is 8. The number of fused-ring (bicyclic) bond motifs is 1. The first-order valence-electron chi connectivity index (χ1n) is 11.4. The van der Waals surface area contributed by atoms with E-state index in [1.54, 1.807) is 12.1 Å². The lowest BCUT2D eigenvalue weighted by Crippen LogP contribution is -2.18. The van der Waals surface area contributed by atoms with Crippen molar-refractivity contribution >= 4 is 44.3 Å². The Hall–Kier alpha value is -5.23. The normalized spacial score (nSPS) is 12.8. The largest absolute Gasteiger partial charge is 0.506 e. The Morgan fingerprint density at radius 1 is 1.21 bits per heavy atom. The number of hydrogen-bond acceptors (Lipinski definition) is 12. The lowest BCUT2D eigenvalue weighted by atomic mass is 10.2. The van der Waals surface area contributed by atoms with Crippen LogP contribution in [0.1, 0.15) is 18.6 Å². The highest BCUT2D eigenvalue weighted by Gasteiger charge is 2.25. The van der Waals surface area contributed by atoms with E-state index < -0.39 is 15.8 Å². The molecule has 0 amide bonds. The average Bonchev–Trinajstić information content (AvgIpc) is 3.28. The zero-order valence-electron chi connectivity index (χ0n) is 20.7. The van der Waals surface area contributed by atoms with Crippen LogP contribution in [0.2, 0.25) is 0 Å². The number of phenolic OH excluding ortho intramolecular Hbond substituents is 1. The van der Waals surface area contributed by atoms with Gasteiger partial charge in [-0.1, -0.05) is 11.8 Å². The second-order valence-electron chi connectivity index (χ2n) is 7.98. The van der Waals surface area contributed by atoms with Crippen LogP contribution in [0.3, 0.4) is 0 Å². The summed E-state index contributed by atoms with van der Waals surface area (Å²) in [5.41, 5.74) is 12.5. The first-order chi connectivity index (χ1) is 18.8. The van der Waals surface area contributed by atoms with Crippen molar-refractivity contribution in [1.29, 1.82) is 0 Å². The molecule has 15 heteroatoms. The van der Waals surface area contributed by atoms with Gasteiger partial charge < -0.3 is 20.3 Å². The molecule has 4 aromatic rings. The number of aliphatic imine (C=N–C) groups is 1. The Labute approximate surface area is 221 Å². The van der Waals surface area contributed by atoms with Gasteiger partial charge in [0.25, 0.3) is 0 Å². The lowest BCUT2D eigenvalue weighted by molar-refractivity contribution is 0.330. The maximum atomic E-state index is 12.8. The number of ether oxygens (including phenoxy) is 2. The molecule has 0 spiro atoms. The molecule has 198 valence electrons. The van der Waals surface area contributed by atoms with Gasteiger partial charge in [-0.05, 0) is 24.8 Å². The average molecular weight is 548 g/mol. The Morgan fingerprint density at radius 3 is 2.74 bits per heavy atom. The summed E-state index contributed by atoms with van der Waals surface area (Å²) in [6, 6.07) is 6.15. The smallest absolute Gasteiger partial charge is 0.241 e. The number of nitrogen functional groups attached to an aromatic ring is 1. The summed E-state index contributed by atoms with van der Waals surface area (Å²) in [6.45, 7) is 2.20. The number of nitrogens with zero attached hydrogens (tertiary/aromatic N) is 7. The van der Waals surface area contributed by atoms with Gasteiger partial charge in [-0.15, -0.1) is 10.2 Å². The van der Waals surface area contributed by atoms with Crippen LogP contribution in [0.25, 0.3) is 22.5 Å². The van der Waals surface area contributed by atoms with E-state index in [4.69, 9.17) is 15.2 Å². The number of nitrogens with one attached hydrogen (secondary N) is 1. The number of sulfonamides is 1. The van der Waals surface area contributed by atoms with Gasteiger partial charge >= 0.3 is 0 Å². The molecule has 0 unspecified atom stereocenters. The van der Waals surface area contributed by atoms with Crippen LogP contribution in [0.15, 0.2) is 59.2 Å². The molecule has 0 bridgehead atoms. The van der Waals surface area contributed by atoms with Crippen LogP contribution in [-0.4, -0.2) is 62.9 Å². The number of imidazole rings is 1. The van der Waals surface area contributed by atoms with Gasteiger partial charge in [0.05, 0.1) is 43.4 Å². The zero-order chi connectivity index (χ0) is 27.6. The third kappa shape index (κ3) is 5.26. The van der Waals surface area contributed by atoms with Crippen molar-refractivity contribution in [1.82, 2.24) is 29.7 Å². The first-order valence-corrected chi connectivity index (χ1v) is 13.1. The molecule has 0 fully saturated rings. The summed E-state index contributed by atoms with van der Waals surface area (Å²) < 4.78 is 40.5. The molecule has 1 aliphatic rings. The summed E-state index contributed by atoms with van der Waals surface area (Å²) in [4.78, 5) is 16.8. The molecule has 1 aliphatic heterocycles. The van der Waals surface area contributed by atoms with Gasteiger partial charge in [0.2, 0.25) is 21.6 Å². The minimum Gasteiger partial charge on any atom is -0.506 e. The van der Waals surface area contributed by atoms with Crippen LogP contribution in [0, 0.1) is 0 Å². The summed E-state index contributed by atoms with van der Waals surface area (Å²) in [5.74, 6) is 0.0737. The van der Waals surface area contributed by atoms with Crippen LogP contribution in [-0.2, 0) is 20.5 Å². The molecular formula is C24H21N9O5S. The first kappa shape index (κ1) is 25.4. The predicted octanol–water partition coefficient (Wildman–Crippen LogP) is 1.94. The van der Waals surface area contributed by atoms with E-state index in [0.717, 1.165) is 0 Å². The van der Waals surface area contributed by atoms with E-state index in [1.165, 1.54) is 42.3 Å². The predicted molar refractivity (Wildman–Crippen MR) is 142 cm³/mol. The molecule has 0 aliphatic carbocycles. The molecule has 1 aromatic carbocycles. The van der Waals surface area contributed by atoms with Crippen LogP contribution < -0.4 is 15.2 Å². The molecule has 4 heterocycles. The minimum absolute atomic E-state index is 0.0454. The van der Waals surface area contributed by atoms with Crippen LogP contribution in [0.5, 0.6) is 11.5 Å². The second kappa shape index (κ2) is 10.3. The van der Waals surface area contributed by atoms with Crippen LogP contribution in [0.4, 0.5) is 11.5 Å². The highest BCUT2D eigenvalue weighted by Crippen LogP contribution is 2.37. The van der Waals surface area contributed by atoms with E-state index in [2.05, 4.69) is 46.3 Å². The van der Waals surface area contributed by atoms with E-state index in [1.807, 2.05) is 6.92 Å². The fourth-order valence-corrected chi connectivity index (χ4v) is 4.67. The number of phenols is 1. The zero-order valence-corrected chi connectivity index (χ0v) is 21.5. The van der Waals surface area contributed by atoms with E-state index in [9.17, 15) is 13.5 Å². The van der Waals surface area contributed by atoms with Crippen molar-refractivity contribution in [2.24, 2.45) is 4.99 Å². The highest BCUT2D eigenvalue weighted by atomic mass is 32.2. The number of para-hydroxylation sites is 1. The molecule has 14 nitrogen and oxygen atoms in total. The van der Waals surface area contributed by atoms with Crippen molar-refractivity contribution in [2.75, 3.05) is 24.2 Å². The van der Waals surface area contributed by atoms with Crippen molar-refractivity contribution in [2.45, 2.75) is 12.7 Å².